The molecule has 1 atom stereocenters. The molecule has 0 aromatic carbocycles. The Kier molecular flexibility index (Phi) is 4.82. The minimum absolute atomic E-state index is 0.0402. The van der Waals surface area contributed by atoms with E-state index < -0.39 is 5.97 Å². The molecular formula is C16H23N7O2. The highest BCUT2D eigenvalue weighted by Crippen LogP contribution is 2.31. The zero-order valence-electron chi connectivity index (χ0n) is 14.5. The van der Waals surface area contributed by atoms with Crippen LogP contribution in [0.2, 0.25) is 0 Å². The molecule has 2 aromatic rings. The van der Waals surface area contributed by atoms with Crippen molar-refractivity contribution in [2.75, 3.05) is 23.7 Å². The van der Waals surface area contributed by atoms with E-state index in [1.807, 2.05) is 13.8 Å². The van der Waals surface area contributed by atoms with Crippen molar-refractivity contribution in [3.63, 3.8) is 0 Å². The average Bonchev–Trinajstić information content (AvgIpc) is 3.00. The van der Waals surface area contributed by atoms with Crippen molar-refractivity contribution in [2.24, 2.45) is 0 Å². The molecule has 1 saturated heterocycles. The van der Waals surface area contributed by atoms with Crippen LogP contribution in [-0.2, 0) is 11.2 Å². The zero-order valence-corrected chi connectivity index (χ0v) is 14.5. The third-order valence-corrected chi connectivity index (χ3v) is 4.50. The number of rotatable bonds is 5. The van der Waals surface area contributed by atoms with Crippen LogP contribution in [0.3, 0.4) is 0 Å². The quantitative estimate of drug-likeness (QED) is 0.736. The first-order valence-corrected chi connectivity index (χ1v) is 8.42. The van der Waals surface area contributed by atoms with Gasteiger partial charge in [-0.05, 0) is 33.1 Å². The predicted octanol–water partition coefficient (Wildman–Crippen LogP) is 1.19. The van der Waals surface area contributed by atoms with Gasteiger partial charge in [-0.25, -0.2) is 9.97 Å². The maximum absolute atomic E-state index is 11.0. The highest BCUT2D eigenvalue weighted by atomic mass is 16.4. The summed E-state index contributed by atoms with van der Waals surface area (Å²) in [6, 6.07) is 0. The molecule has 3 heterocycles. The molecule has 0 unspecified atom stereocenters. The van der Waals surface area contributed by atoms with Gasteiger partial charge in [-0.1, -0.05) is 0 Å². The van der Waals surface area contributed by atoms with E-state index in [4.69, 9.17) is 10.8 Å². The second-order valence-corrected chi connectivity index (χ2v) is 6.43. The van der Waals surface area contributed by atoms with Crippen molar-refractivity contribution < 1.29 is 9.90 Å². The molecule has 1 aliphatic heterocycles. The summed E-state index contributed by atoms with van der Waals surface area (Å²) < 4.78 is 0. The van der Waals surface area contributed by atoms with E-state index in [-0.39, 0.29) is 18.3 Å². The SMILES string of the molecule is Cc1nc([C@@H]2CCCN(c3nc(N)nc(C)c3CCC(=O)O)C2)n[nH]1. The number of aliphatic carboxylic acids is 1. The summed E-state index contributed by atoms with van der Waals surface area (Å²) in [5, 5.41) is 16.2. The Morgan fingerprint density at radius 1 is 1.36 bits per heavy atom. The fourth-order valence-corrected chi connectivity index (χ4v) is 3.31. The van der Waals surface area contributed by atoms with E-state index >= 15 is 0 Å². The van der Waals surface area contributed by atoms with Crippen molar-refractivity contribution in [1.29, 1.82) is 0 Å². The number of nitrogens with zero attached hydrogens (tertiary/aromatic N) is 5. The summed E-state index contributed by atoms with van der Waals surface area (Å²) in [6.07, 6.45) is 2.42. The van der Waals surface area contributed by atoms with Gasteiger partial charge in [0.2, 0.25) is 5.95 Å². The fourth-order valence-electron chi connectivity index (χ4n) is 3.31. The molecule has 9 heteroatoms. The van der Waals surface area contributed by atoms with Crippen LogP contribution in [0.4, 0.5) is 11.8 Å². The normalized spacial score (nSPS) is 17.7. The van der Waals surface area contributed by atoms with Crippen LogP contribution in [0, 0.1) is 13.8 Å². The Labute approximate surface area is 145 Å². The molecule has 1 aliphatic rings. The molecule has 0 spiro atoms. The number of hydrogen-bond donors (Lipinski definition) is 3. The lowest BCUT2D eigenvalue weighted by atomic mass is 9.96. The molecule has 134 valence electrons. The maximum Gasteiger partial charge on any atom is 0.303 e. The number of aromatic nitrogens is 5. The van der Waals surface area contributed by atoms with Crippen LogP contribution in [0.1, 0.15) is 48.1 Å². The minimum Gasteiger partial charge on any atom is -0.481 e. The number of nitrogen functional groups attached to an aromatic ring is 1. The standard InChI is InChI=1S/C16H23N7O2/c1-9-12(5-6-13(24)25)15(20-16(17)18-9)23-7-3-4-11(8-23)14-19-10(2)21-22-14/h11H,3-8H2,1-2H3,(H,24,25)(H2,17,18,20)(H,19,21,22)/t11-/m1/s1. The van der Waals surface area contributed by atoms with Crippen molar-refractivity contribution in [3.8, 4) is 0 Å². The number of anilines is 2. The Bertz CT molecular complexity index is 774. The molecule has 0 bridgehead atoms. The van der Waals surface area contributed by atoms with Gasteiger partial charge in [0.05, 0.1) is 0 Å². The van der Waals surface area contributed by atoms with Crippen molar-refractivity contribution in [3.05, 3.63) is 22.9 Å². The molecule has 4 N–H and O–H groups in total. The number of carboxylic acid groups (broad SMARTS) is 1. The third kappa shape index (κ3) is 3.86. The van der Waals surface area contributed by atoms with Gasteiger partial charge in [-0.2, -0.15) is 10.1 Å². The Morgan fingerprint density at radius 2 is 2.16 bits per heavy atom. The second-order valence-electron chi connectivity index (χ2n) is 6.43. The van der Waals surface area contributed by atoms with Crippen molar-refractivity contribution in [1.82, 2.24) is 25.1 Å². The first-order valence-electron chi connectivity index (χ1n) is 8.42. The average molecular weight is 345 g/mol. The first kappa shape index (κ1) is 17.1. The van der Waals surface area contributed by atoms with Gasteiger partial charge in [-0.15, -0.1) is 0 Å². The van der Waals surface area contributed by atoms with E-state index in [1.54, 1.807) is 0 Å². The zero-order chi connectivity index (χ0) is 18.0. The summed E-state index contributed by atoms with van der Waals surface area (Å²) in [5.74, 6) is 1.94. The third-order valence-electron chi connectivity index (χ3n) is 4.50. The molecule has 2 aromatic heterocycles. The van der Waals surface area contributed by atoms with Gasteiger partial charge in [0.25, 0.3) is 0 Å². The first-order chi connectivity index (χ1) is 11.9. The second kappa shape index (κ2) is 7.04. The Hall–Kier alpha value is -2.71. The predicted molar refractivity (Wildman–Crippen MR) is 92.4 cm³/mol. The lowest BCUT2D eigenvalue weighted by Gasteiger charge is -2.33. The van der Waals surface area contributed by atoms with Gasteiger partial charge < -0.3 is 15.7 Å². The summed E-state index contributed by atoms with van der Waals surface area (Å²) in [4.78, 5) is 26.2. The molecule has 9 nitrogen and oxygen atoms in total. The molecular weight excluding hydrogens is 322 g/mol. The van der Waals surface area contributed by atoms with E-state index in [2.05, 4.69) is 30.0 Å². The lowest BCUT2D eigenvalue weighted by Crippen LogP contribution is -2.36. The fraction of sp³-hybridized carbons (Fsp3) is 0.562. The van der Waals surface area contributed by atoms with Gasteiger partial charge in [-0.3, -0.25) is 9.89 Å². The monoisotopic (exact) mass is 345 g/mol. The summed E-state index contributed by atoms with van der Waals surface area (Å²) in [5.41, 5.74) is 7.43. The number of H-pyrrole nitrogens is 1. The topological polar surface area (TPSA) is 134 Å². The van der Waals surface area contributed by atoms with E-state index in [1.165, 1.54) is 0 Å². The van der Waals surface area contributed by atoms with Crippen LogP contribution in [0.5, 0.6) is 0 Å². The van der Waals surface area contributed by atoms with Gasteiger partial charge in [0, 0.05) is 36.7 Å². The lowest BCUT2D eigenvalue weighted by molar-refractivity contribution is -0.136. The molecule has 25 heavy (non-hydrogen) atoms. The van der Waals surface area contributed by atoms with E-state index in [0.717, 1.165) is 54.7 Å². The largest absolute Gasteiger partial charge is 0.481 e. The van der Waals surface area contributed by atoms with E-state index in [0.29, 0.717) is 6.42 Å². The summed E-state index contributed by atoms with van der Waals surface area (Å²) in [6.45, 7) is 5.30. The minimum atomic E-state index is -0.838. The number of nitrogens with one attached hydrogen (secondary N) is 1. The van der Waals surface area contributed by atoms with Crippen molar-refractivity contribution >= 4 is 17.7 Å². The van der Waals surface area contributed by atoms with Crippen LogP contribution in [-0.4, -0.2) is 49.3 Å². The van der Waals surface area contributed by atoms with Gasteiger partial charge >= 0.3 is 5.97 Å². The smallest absolute Gasteiger partial charge is 0.303 e. The van der Waals surface area contributed by atoms with Crippen LogP contribution in [0.25, 0.3) is 0 Å². The highest BCUT2D eigenvalue weighted by molar-refractivity contribution is 5.68. The number of aromatic amines is 1. The number of aryl methyl sites for hydroxylation is 2. The number of piperidine rings is 1. The highest BCUT2D eigenvalue weighted by Gasteiger charge is 2.27. The molecule has 1 fully saturated rings. The number of hydrogen-bond acceptors (Lipinski definition) is 7. The molecule has 0 radical (unpaired) electrons. The van der Waals surface area contributed by atoms with Crippen LogP contribution < -0.4 is 10.6 Å². The van der Waals surface area contributed by atoms with Gasteiger partial charge in [0.15, 0.2) is 5.82 Å². The van der Waals surface area contributed by atoms with Crippen LogP contribution in [0.15, 0.2) is 0 Å². The number of carbonyl (C=O) groups is 1. The van der Waals surface area contributed by atoms with Crippen LogP contribution >= 0.6 is 0 Å². The molecule has 3 rings (SSSR count). The summed E-state index contributed by atoms with van der Waals surface area (Å²) in [7, 11) is 0. The summed E-state index contributed by atoms with van der Waals surface area (Å²) >= 11 is 0. The number of carboxylic acids is 1. The Morgan fingerprint density at radius 3 is 2.84 bits per heavy atom. The molecule has 0 aliphatic carbocycles. The van der Waals surface area contributed by atoms with E-state index in [9.17, 15) is 4.79 Å². The molecule has 0 amide bonds. The molecule has 0 saturated carbocycles. The van der Waals surface area contributed by atoms with Gasteiger partial charge in [0.1, 0.15) is 11.6 Å². The maximum atomic E-state index is 11.0. The Balaban J connectivity index is 1.87. The van der Waals surface area contributed by atoms with Crippen molar-refractivity contribution in [2.45, 2.75) is 45.4 Å². The number of nitrogens with two attached hydrogens (primary N) is 1.